The molecule has 1 aromatic carbocycles. The molecule has 5 nitrogen and oxygen atoms in total. The van der Waals surface area contributed by atoms with Crippen molar-refractivity contribution in [1.29, 1.82) is 5.26 Å². The number of nitrogens with one attached hydrogen (secondary N) is 1. The van der Waals surface area contributed by atoms with Crippen LogP contribution in [-0.2, 0) is 6.54 Å². The van der Waals surface area contributed by atoms with Crippen molar-refractivity contribution in [3.05, 3.63) is 17.7 Å². The number of hydrogen-bond donors (Lipinski definition) is 1. The normalized spacial score (nSPS) is 9.90. The molecule has 0 saturated heterocycles. The minimum atomic E-state index is 0.608. The van der Waals surface area contributed by atoms with Crippen molar-refractivity contribution in [2.24, 2.45) is 0 Å². The first kappa shape index (κ1) is 16.1. The van der Waals surface area contributed by atoms with Gasteiger partial charge in [0.15, 0.2) is 0 Å². The van der Waals surface area contributed by atoms with E-state index in [1.54, 1.807) is 21.3 Å². The molecule has 1 aromatic rings. The first-order valence-electron chi connectivity index (χ1n) is 6.63. The highest BCUT2D eigenvalue weighted by atomic mass is 16.5. The molecule has 0 aliphatic carbocycles. The lowest BCUT2D eigenvalue weighted by Gasteiger charge is -2.15. The van der Waals surface area contributed by atoms with Gasteiger partial charge in [-0.2, -0.15) is 5.26 Å². The van der Waals surface area contributed by atoms with Crippen LogP contribution in [0.15, 0.2) is 12.1 Å². The first-order valence-corrected chi connectivity index (χ1v) is 6.63. The molecule has 0 heterocycles. The van der Waals surface area contributed by atoms with E-state index < -0.39 is 0 Å². The van der Waals surface area contributed by atoms with Crippen LogP contribution in [0, 0.1) is 11.3 Å². The van der Waals surface area contributed by atoms with Crippen LogP contribution < -0.4 is 19.5 Å². The van der Waals surface area contributed by atoms with E-state index in [-0.39, 0.29) is 0 Å². The van der Waals surface area contributed by atoms with Gasteiger partial charge in [-0.1, -0.05) is 0 Å². The van der Waals surface area contributed by atoms with E-state index in [4.69, 9.17) is 19.5 Å². The highest BCUT2D eigenvalue weighted by Gasteiger charge is 2.12. The van der Waals surface area contributed by atoms with Gasteiger partial charge in [0.05, 0.1) is 33.0 Å². The molecule has 0 atom stereocenters. The average molecular weight is 278 g/mol. The van der Waals surface area contributed by atoms with Gasteiger partial charge in [-0.25, -0.2) is 0 Å². The quantitative estimate of drug-likeness (QED) is 0.703. The molecule has 0 bridgehead atoms. The second-order valence-electron chi connectivity index (χ2n) is 4.30. The zero-order valence-electron chi connectivity index (χ0n) is 12.4. The Morgan fingerprint density at radius 1 is 1.05 bits per heavy atom. The predicted octanol–water partition coefficient (Wildman–Crippen LogP) is 2.50. The fourth-order valence-corrected chi connectivity index (χ4v) is 1.92. The summed E-state index contributed by atoms with van der Waals surface area (Å²) in [6, 6.07) is 5.83. The van der Waals surface area contributed by atoms with Gasteiger partial charge in [-0.05, 0) is 19.4 Å². The molecular weight excluding hydrogens is 256 g/mol. The molecule has 0 radical (unpaired) electrons. The van der Waals surface area contributed by atoms with Gasteiger partial charge in [-0.3, -0.25) is 0 Å². The summed E-state index contributed by atoms with van der Waals surface area (Å²) >= 11 is 0. The third-order valence-corrected chi connectivity index (χ3v) is 3.01. The molecule has 110 valence electrons. The van der Waals surface area contributed by atoms with Crippen LogP contribution in [0.3, 0.4) is 0 Å². The molecule has 0 aliphatic heterocycles. The Labute approximate surface area is 120 Å². The van der Waals surface area contributed by atoms with Crippen molar-refractivity contribution in [2.75, 3.05) is 27.9 Å². The van der Waals surface area contributed by atoms with Crippen LogP contribution in [0.1, 0.15) is 24.8 Å². The summed E-state index contributed by atoms with van der Waals surface area (Å²) in [4.78, 5) is 0. The molecule has 1 rings (SSSR count). The van der Waals surface area contributed by atoms with Gasteiger partial charge in [-0.15, -0.1) is 0 Å². The minimum Gasteiger partial charge on any atom is -0.496 e. The van der Waals surface area contributed by atoms with Crippen molar-refractivity contribution in [3.63, 3.8) is 0 Å². The van der Waals surface area contributed by atoms with Gasteiger partial charge in [0.25, 0.3) is 0 Å². The minimum absolute atomic E-state index is 0.608. The van der Waals surface area contributed by atoms with Crippen LogP contribution in [0.25, 0.3) is 0 Å². The average Bonchev–Trinajstić information content (AvgIpc) is 2.50. The lowest BCUT2D eigenvalue weighted by atomic mass is 10.1. The van der Waals surface area contributed by atoms with E-state index in [9.17, 15) is 0 Å². The van der Waals surface area contributed by atoms with Crippen LogP contribution >= 0.6 is 0 Å². The Morgan fingerprint density at radius 3 is 2.20 bits per heavy atom. The van der Waals surface area contributed by atoms with E-state index in [0.29, 0.717) is 18.7 Å². The number of methoxy groups -OCH3 is 3. The Hall–Kier alpha value is -1.93. The standard InChI is InChI=1S/C15H22N2O3/c1-18-12-9-14(19-2)13(15(10-12)20-3)11-17-8-6-4-5-7-16/h9-10,17H,4-6,8,11H2,1-3H3. The summed E-state index contributed by atoms with van der Waals surface area (Å²) in [6.07, 6.45) is 2.51. The van der Waals surface area contributed by atoms with Gasteiger partial charge in [0, 0.05) is 25.1 Å². The van der Waals surface area contributed by atoms with Gasteiger partial charge in [0.2, 0.25) is 0 Å². The Kier molecular flexibility index (Phi) is 7.30. The smallest absolute Gasteiger partial charge is 0.130 e. The van der Waals surface area contributed by atoms with Crippen molar-refractivity contribution in [3.8, 4) is 23.3 Å². The lowest BCUT2D eigenvalue weighted by Crippen LogP contribution is -2.16. The van der Waals surface area contributed by atoms with Gasteiger partial charge >= 0.3 is 0 Å². The molecule has 0 spiro atoms. The number of unbranched alkanes of at least 4 members (excludes halogenated alkanes) is 2. The summed E-state index contributed by atoms with van der Waals surface area (Å²) in [5.74, 6) is 2.19. The largest absolute Gasteiger partial charge is 0.496 e. The molecule has 0 aromatic heterocycles. The predicted molar refractivity (Wildman–Crippen MR) is 77.3 cm³/mol. The summed E-state index contributed by atoms with van der Waals surface area (Å²) in [5.41, 5.74) is 0.969. The first-order chi connectivity index (χ1) is 9.76. The second kappa shape index (κ2) is 9.05. The van der Waals surface area contributed by atoms with E-state index in [1.165, 1.54) is 0 Å². The number of hydrogen-bond acceptors (Lipinski definition) is 5. The number of rotatable bonds is 9. The van der Waals surface area contributed by atoms with E-state index in [1.807, 2.05) is 12.1 Å². The van der Waals surface area contributed by atoms with Crippen molar-refractivity contribution in [1.82, 2.24) is 5.32 Å². The Balaban J connectivity index is 2.65. The number of benzene rings is 1. The fourth-order valence-electron chi connectivity index (χ4n) is 1.92. The Bertz CT molecular complexity index is 430. The maximum atomic E-state index is 8.47. The van der Waals surface area contributed by atoms with Gasteiger partial charge < -0.3 is 19.5 Å². The number of nitrogens with zero attached hydrogens (tertiary/aromatic N) is 1. The monoisotopic (exact) mass is 278 g/mol. The summed E-state index contributed by atoms with van der Waals surface area (Å²) < 4.78 is 16.0. The summed E-state index contributed by atoms with van der Waals surface area (Å²) in [7, 11) is 4.87. The van der Waals surface area contributed by atoms with Crippen LogP contribution in [0.4, 0.5) is 0 Å². The maximum Gasteiger partial charge on any atom is 0.130 e. The van der Waals surface area contributed by atoms with Crippen LogP contribution in [0.2, 0.25) is 0 Å². The van der Waals surface area contributed by atoms with Gasteiger partial charge in [0.1, 0.15) is 17.2 Å². The molecule has 0 amide bonds. The molecule has 5 heteroatoms. The van der Waals surface area contributed by atoms with Crippen LogP contribution in [0.5, 0.6) is 17.2 Å². The third-order valence-electron chi connectivity index (χ3n) is 3.01. The van der Waals surface area contributed by atoms with E-state index in [2.05, 4.69) is 11.4 Å². The Morgan fingerprint density at radius 2 is 1.70 bits per heavy atom. The topological polar surface area (TPSA) is 63.5 Å². The maximum absolute atomic E-state index is 8.47. The summed E-state index contributed by atoms with van der Waals surface area (Å²) in [5, 5.41) is 11.8. The van der Waals surface area contributed by atoms with Crippen molar-refractivity contribution in [2.45, 2.75) is 25.8 Å². The zero-order chi connectivity index (χ0) is 14.8. The molecule has 0 saturated carbocycles. The molecule has 0 unspecified atom stereocenters. The molecular formula is C15H22N2O3. The van der Waals surface area contributed by atoms with Crippen LogP contribution in [-0.4, -0.2) is 27.9 Å². The highest BCUT2D eigenvalue weighted by Crippen LogP contribution is 2.33. The second-order valence-corrected chi connectivity index (χ2v) is 4.30. The third kappa shape index (κ3) is 4.63. The van der Waals surface area contributed by atoms with E-state index >= 15 is 0 Å². The molecule has 0 fully saturated rings. The number of nitriles is 1. The SMILES string of the molecule is COc1cc(OC)c(CNCCCCC#N)c(OC)c1. The van der Waals surface area contributed by atoms with E-state index in [0.717, 1.165) is 36.4 Å². The molecule has 0 aliphatic rings. The zero-order valence-corrected chi connectivity index (χ0v) is 12.4. The van der Waals surface area contributed by atoms with Crippen molar-refractivity contribution >= 4 is 0 Å². The lowest BCUT2D eigenvalue weighted by molar-refractivity contribution is 0.366. The van der Waals surface area contributed by atoms with Crippen molar-refractivity contribution < 1.29 is 14.2 Å². The molecule has 20 heavy (non-hydrogen) atoms. The summed E-state index contributed by atoms with van der Waals surface area (Å²) in [6.45, 7) is 1.52. The fraction of sp³-hybridized carbons (Fsp3) is 0.533. The number of ether oxygens (including phenoxy) is 3. The molecule has 1 N–H and O–H groups in total. The highest BCUT2D eigenvalue weighted by molar-refractivity contribution is 5.50.